The number of amides is 2. The Bertz CT molecular complexity index is 1650. The van der Waals surface area contributed by atoms with E-state index >= 15 is 0 Å². The minimum absolute atomic E-state index is 0.0188. The number of anilines is 1. The zero-order chi connectivity index (χ0) is 31.7. The van der Waals surface area contributed by atoms with E-state index in [1.807, 2.05) is 37.3 Å². The van der Waals surface area contributed by atoms with Crippen LogP contribution in [0.15, 0.2) is 108 Å². The smallest absolute Gasteiger partial charge is 0.264 e. The number of sulfonamides is 1. The van der Waals surface area contributed by atoms with E-state index < -0.39 is 28.5 Å². The molecule has 0 saturated heterocycles. The van der Waals surface area contributed by atoms with Gasteiger partial charge in [-0.15, -0.1) is 0 Å². The van der Waals surface area contributed by atoms with Crippen LogP contribution in [0.2, 0.25) is 15.1 Å². The van der Waals surface area contributed by atoms with Crippen molar-refractivity contribution in [1.82, 2.24) is 10.2 Å². The molecule has 0 saturated carbocycles. The van der Waals surface area contributed by atoms with Gasteiger partial charge in [-0.3, -0.25) is 13.9 Å². The number of nitrogens with zero attached hydrogens (tertiary/aromatic N) is 2. The molecule has 0 radical (unpaired) electrons. The number of carbonyl (C=O) groups is 2. The molecule has 0 bridgehead atoms. The Balaban J connectivity index is 1.81. The Morgan fingerprint density at radius 1 is 0.773 bits per heavy atom. The highest BCUT2D eigenvalue weighted by Gasteiger charge is 2.34. The molecular weight excluding hydrogens is 641 g/mol. The van der Waals surface area contributed by atoms with Gasteiger partial charge < -0.3 is 10.2 Å². The second-order valence-corrected chi connectivity index (χ2v) is 13.3. The lowest BCUT2D eigenvalue weighted by Crippen LogP contribution is -2.53. The van der Waals surface area contributed by atoms with Gasteiger partial charge in [-0.25, -0.2) is 8.42 Å². The van der Waals surface area contributed by atoms with Crippen LogP contribution in [0.25, 0.3) is 0 Å². The van der Waals surface area contributed by atoms with E-state index in [0.29, 0.717) is 23.6 Å². The molecule has 4 aromatic rings. The predicted molar refractivity (Wildman–Crippen MR) is 177 cm³/mol. The molecule has 0 fully saturated rings. The van der Waals surface area contributed by atoms with Crippen LogP contribution >= 0.6 is 34.8 Å². The minimum Gasteiger partial charge on any atom is -0.354 e. The number of benzene rings is 4. The maximum atomic E-state index is 14.4. The fraction of sp³-hybridized carbons (Fsp3) is 0.212. The maximum Gasteiger partial charge on any atom is 0.264 e. The standard InChI is InChI=1S/C33H32Cl3N3O4S/c1-2-17-37-33(41)31(18-24-9-5-3-6-10-24)38(22-25-13-15-26(34)16-14-25)32(40)23-39(29-20-27(35)19-28(36)21-29)44(42,43)30-11-7-4-8-12-30/h3-16,19-21,31H,2,17-18,22-23H2,1H3,(H,37,41)/t31-/m0/s1. The first-order valence-corrected chi connectivity index (χ1v) is 16.6. The summed E-state index contributed by atoms with van der Waals surface area (Å²) in [6, 6.07) is 27.4. The van der Waals surface area contributed by atoms with E-state index in [-0.39, 0.29) is 39.5 Å². The van der Waals surface area contributed by atoms with Crippen LogP contribution in [0.3, 0.4) is 0 Å². The maximum absolute atomic E-state index is 14.4. The first-order valence-electron chi connectivity index (χ1n) is 14.0. The topological polar surface area (TPSA) is 86.8 Å². The highest BCUT2D eigenvalue weighted by atomic mass is 35.5. The van der Waals surface area contributed by atoms with E-state index in [1.165, 1.54) is 35.2 Å². The summed E-state index contributed by atoms with van der Waals surface area (Å²) in [4.78, 5) is 29.5. The van der Waals surface area contributed by atoms with Gasteiger partial charge in [0.15, 0.2) is 0 Å². The molecule has 0 heterocycles. The average Bonchev–Trinajstić information content (AvgIpc) is 3.01. The molecule has 44 heavy (non-hydrogen) atoms. The lowest BCUT2D eigenvalue weighted by Gasteiger charge is -2.34. The quantitative estimate of drug-likeness (QED) is 0.166. The summed E-state index contributed by atoms with van der Waals surface area (Å²) < 4.78 is 29.0. The summed E-state index contributed by atoms with van der Waals surface area (Å²) in [6.45, 7) is 1.77. The molecule has 0 aliphatic rings. The van der Waals surface area contributed by atoms with Crippen molar-refractivity contribution in [2.45, 2.75) is 37.2 Å². The molecule has 2 amide bonds. The zero-order valence-corrected chi connectivity index (χ0v) is 27.1. The summed E-state index contributed by atoms with van der Waals surface area (Å²) >= 11 is 18.7. The van der Waals surface area contributed by atoms with Gasteiger partial charge in [0.2, 0.25) is 11.8 Å². The van der Waals surface area contributed by atoms with E-state index in [2.05, 4.69) is 5.32 Å². The Morgan fingerprint density at radius 2 is 1.36 bits per heavy atom. The summed E-state index contributed by atoms with van der Waals surface area (Å²) in [5.74, 6) is -0.940. The summed E-state index contributed by atoms with van der Waals surface area (Å²) in [5.41, 5.74) is 1.67. The zero-order valence-electron chi connectivity index (χ0n) is 24.0. The number of nitrogens with one attached hydrogen (secondary N) is 1. The first-order chi connectivity index (χ1) is 21.1. The van der Waals surface area contributed by atoms with Crippen molar-refractivity contribution >= 4 is 62.3 Å². The summed E-state index contributed by atoms with van der Waals surface area (Å²) in [7, 11) is -4.26. The number of halogens is 3. The van der Waals surface area contributed by atoms with Crippen molar-refractivity contribution in [2.24, 2.45) is 0 Å². The molecule has 0 aliphatic carbocycles. The lowest BCUT2D eigenvalue weighted by atomic mass is 10.0. The van der Waals surface area contributed by atoms with Crippen LogP contribution in [0.1, 0.15) is 24.5 Å². The SMILES string of the molecule is CCCNC(=O)[C@H](Cc1ccccc1)N(Cc1ccc(Cl)cc1)C(=O)CN(c1cc(Cl)cc(Cl)c1)S(=O)(=O)c1ccccc1. The third kappa shape index (κ3) is 8.76. The summed E-state index contributed by atoms with van der Waals surface area (Å²) in [5, 5.41) is 3.84. The van der Waals surface area contributed by atoms with E-state index in [0.717, 1.165) is 9.87 Å². The molecule has 11 heteroatoms. The molecule has 4 rings (SSSR count). The fourth-order valence-electron chi connectivity index (χ4n) is 4.64. The van der Waals surface area contributed by atoms with Gasteiger partial charge in [-0.2, -0.15) is 0 Å². The second kappa shape index (κ2) is 15.4. The second-order valence-electron chi connectivity index (χ2n) is 10.1. The molecule has 1 N–H and O–H groups in total. The Kier molecular flexibility index (Phi) is 11.7. The third-order valence-electron chi connectivity index (χ3n) is 6.83. The average molecular weight is 673 g/mol. The van der Waals surface area contributed by atoms with Gasteiger partial charge in [-0.1, -0.05) is 102 Å². The molecule has 0 aromatic heterocycles. The van der Waals surface area contributed by atoms with Gasteiger partial charge in [0.1, 0.15) is 12.6 Å². The third-order valence-corrected chi connectivity index (χ3v) is 9.31. The molecule has 0 aliphatic heterocycles. The van der Waals surface area contributed by atoms with Crippen LogP contribution in [0, 0.1) is 0 Å². The van der Waals surface area contributed by atoms with Gasteiger partial charge in [-0.05, 0) is 60.0 Å². The van der Waals surface area contributed by atoms with Crippen molar-refractivity contribution in [3.63, 3.8) is 0 Å². The molecule has 0 spiro atoms. The fourth-order valence-corrected chi connectivity index (χ4v) is 6.70. The molecular formula is C33H32Cl3N3O4S. The Labute approximate surface area is 273 Å². The Hall–Kier alpha value is -3.56. The van der Waals surface area contributed by atoms with E-state index in [9.17, 15) is 18.0 Å². The first kappa shape index (κ1) is 33.3. The van der Waals surface area contributed by atoms with Gasteiger partial charge in [0.05, 0.1) is 10.6 Å². The lowest BCUT2D eigenvalue weighted by molar-refractivity contribution is -0.140. The van der Waals surface area contributed by atoms with Gasteiger partial charge in [0, 0.05) is 34.6 Å². The predicted octanol–water partition coefficient (Wildman–Crippen LogP) is 7.01. The largest absolute Gasteiger partial charge is 0.354 e. The van der Waals surface area contributed by atoms with Crippen molar-refractivity contribution in [3.8, 4) is 0 Å². The molecule has 4 aromatic carbocycles. The highest BCUT2D eigenvalue weighted by Crippen LogP contribution is 2.30. The molecule has 0 unspecified atom stereocenters. The Morgan fingerprint density at radius 3 is 1.95 bits per heavy atom. The van der Waals surface area contributed by atoms with Gasteiger partial charge in [0.25, 0.3) is 10.0 Å². The van der Waals surface area contributed by atoms with Crippen LogP contribution in [-0.2, 0) is 32.6 Å². The van der Waals surface area contributed by atoms with Gasteiger partial charge >= 0.3 is 0 Å². The normalized spacial score (nSPS) is 11.9. The van der Waals surface area contributed by atoms with E-state index in [4.69, 9.17) is 34.8 Å². The highest BCUT2D eigenvalue weighted by molar-refractivity contribution is 7.92. The molecule has 230 valence electrons. The van der Waals surface area contributed by atoms with Crippen molar-refractivity contribution in [2.75, 3.05) is 17.4 Å². The van der Waals surface area contributed by atoms with Crippen molar-refractivity contribution in [1.29, 1.82) is 0 Å². The monoisotopic (exact) mass is 671 g/mol. The van der Waals surface area contributed by atoms with Crippen molar-refractivity contribution in [3.05, 3.63) is 129 Å². The number of rotatable bonds is 13. The van der Waals surface area contributed by atoms with Crippen molar-refractivity contribution < 1.29 is 18.0 Å². The number of hydrogen-bond acceptors (Lipinski definition) is 4. The molecule has 1 atom stereocenters. The van der Waals surface area contributed by atoms with Crippen LogP contribution in [0.5, 0.6) is 0 Å². The molecule has 7 nitrogen and oxygen atoms in total. The number of carbonyl (C=O) groups excluding carboxylic acids is 2. The summed E-state index contributed by atoms with van der Waals surface area (Å²) in [6.07, 6.45) is 0.914. The van der Waals surface area contributed by atoms with Crippen LogP contribution in [-0.4, -0.2) is 44.3 Å². The van der Waals surface area contributed by atoms with E-state index in [1.54, 1.807) is 42.5 Å². The van der Waals surface area contributed by atoms with Crippen LogP contribution < -0.4 is 9.62 Å². The van der Waals surface area contributed by atoms with Crippen LogP contribution in [0.4, 0.5) is 5.69 Å². The number of hydrogen-bond donors (Lipinski definition) is 1. The minimum atomic E-state index is -4.26.